The molecule has 0 heterocycles. The minimum absolute atomic E-state index is 0.0295. The van der Waals surface area contributed by atoms with Gasteiger partial charge in [0.25, 0.3) is 0 Å². The summed E-state index contributed by atoms with van der Waals surface area (Å²) >= 11 is 0. The highest BCUT2D eigenvalue weighted by molar-refractivity contribution is 5.84. The third-order valence-corrected chi connectivity index (χ3v) is 15.6. The number of rotatable bonds is 12. The predicted molar refractivity (Wildman–Crippen MR) is 189 cm³/mol. The van der Waals surface area contributed by atoms with Gasteiger partial charge < -0.3 is 20.6 Å². The zero-order chi connectivity index (χ0) is 34.5. The first-order chi connectivity index (χ1) is 21.9. The summed E-state index contributed by atoms with van der Waals surface area (Å²) in [4.78, 5) is 25.0. The normalized spacial score (nSPS) is 41.8. The molecule has 4 N–H and O–H groups in total. The number of carboxylic acids is 1. The smallest absolute Gasteiger partial charge is 0.303 e. The molecule has 5 aliphatic carbocycles. The Hall–Kier alpha value is -1.40. The topological polar surface area (TPSA) is 107 Å². The number of hydrogen-bond acceptors (Lipinski definition) is 4. The second kappa shape index (κ2) is 13.4. The first-order valence-corrected chi connectivity index (χ1v) is 19.5. The van der Waals surface area contributed by atoms with Crippen molar-refractivity contribution in [3.63, 3.8) is 0 Å². The van der Waals surface area contributed by atoms with Crippen LogP contribution in [-0.4, -0.2) is 45.9 Å². The molecule has 0 radical (unpaired) electrons. The van der Waals surface area contributed by atoms with Gasteiger partial charge in [-0.05, 0) is 115 Å². The van der Waals surface area contributed by atoms with Gasteiger partial charge in [0.05, 0.1) is 17.6 Å². The van der Waals surface area contributed by atoms with E-state index in [4.69, 9.17) is 5.11 Å². The Bertz CT molecular complexity index is 1190. The van der Waals surface area contributed by atoms with Crippen LogP contribution in [0.25, 0.3) is 0 Å². The molecule has 0 spiro atoms. The molecule has 0 aromatic heterocycles. The van der Waals surface area contributed by atoms with Crippen molar-refractivity contribution in [2.24, 2.45) is 50.2 Å². The van der Waals surface area contributed by atoms with Crippen LogP contribution >= 0.6 is 0 Å². The molecule has 4 fully saturated rings. The first kappa shape index (κ1) is 36.9. The van der Waals surface area contributed by atoms with Crippen LogP contribution in [-0.2, 0) is 9.59 Å². The Kier molecular flexibility index (Phi) is 10.5. The molecule has 268 valence electrons. The molecule has 9 atom stereocenters. The molecule has 5 rings (SSSR count). The van der Waals surface area contributed by atoms with Crippen molar-refractivity contribution in [2.45, 2.75) is 176 Å². The molecule has 0 aromatic rings. The molecule has 0 aliphatic heterocycles. The molecule has 1 amide bonds. The molecular weight excluding hydrogens is 586 g/mol. The van der Waals surface area contributed by atoms with E-state index in [2.05, 4.69) is 59.9 Å². The number of carboxylic acid groups (broad SMARTS) is 1. The fourth-order valence-electron chi connectivity index (χ4n) is 12.6. The van der Waals surface area contributed by atoms with Gasteiger partial charge in [0.1, 0.15) is 0 Å². The van der Waals surface area contributed by atoms with Crippen molar-refractivity contribution in [1.82, 2.24) is 5.32 Å². The second-order valence-corrected chi connectivity index (χ2v) is 19.1. The summed E-state index contributed by atoms with van der Waals surface area (Å²) in [5.74, 6) is 0.722. The average molecular weight is 656 g/mol. The molecule has 0 bridgehead atoms. The van der Waals surface area contributed by atoms with Gasteiger partial charge in [0.2, 0.25) is 5.91 Å². The number of fused-ring (bicyclic) bond motifs is 7. The number of unbranched alkanes of at least 4 members (excludes halogenated alkanes) is 7. The van der Waals surface area contributed by atoms with Crippen LogP contribution in [0.2, 0.25) is 0 Å². The lowest BCUT2D eigenvalue weighted by Gasteiger charge is -2.71. The maximum Gasteiger partial charge on any atom is 0.303 e. The largest absolute Gasteiger partial charge is 0.481 e. The van der Waals surface area contributed by atoms with Gasteiger partial charge in [-0.25, -0.2) is 0 Å². The lowest BCUT2D eigenvalue weighted by atomic mass is 9.33. The van der Waals surface area contributed by atoms with E-state index < -0.39 is 18.2 Å². The maximum absolute atomic E-state index is 14.3. The molecule has 0 aromatic carbocycles. The van der Waals surface area contributed by atoms with Crippen LogP contribution in [0.15, 0.2) is 11.6 Å². The average Bonchev–Trinajstić information content (AvgIpc) is 2.98. The third kappa shape index (κ3) is 6.38. The molecule has 0 saturated heterocycles. The van der Waals surface area contributed by atoms with Crippen LogP contribution < -0.4 is 5.32 Å². The SMILES string of the molecule is CC1(C)CC[C@]2(C(=O)NCCCCCCCCCCC(=O)O)CC[C@]3(C)C(=CC[C@@H]4[C@@]5(C)C[C@@H](O)[C@H](O)C(C)(C)[C@@H]5CC[C@]43C)[C@@H]2C1. The molecule has 0 unspecified atom stereocenters. The summed E-state index contributed by atoms with van der Waals surface area (Å²) < 4.78 is 0. The quantitative estimate of drug-likeness (QED) is 0.124. The Morgan fingerprint density at radius 1 is 0.787 bits per heavy atom. The van der Waals surface area contributed by atoms with Crippen LogP contribution in [0.4, 0.5) is 0 Å². The van der Waals surface area contributed by atoms with E-state index in [1.165, 1.54) is 19.3 Å². The van der Waals surface area contributed by atoms with Crippen molar-refractivity contribution in [3.05, 3.63) is 11.6 Å². The summed E-state index contributed by atoms with van der Waals surface area (Å²) in [6.45, 7) is 17.5. The van der Waals surface area contributed by atoms with E-state index in [0.717, 1.165) is 90.0 Å². The van der Waals surface area contributed by atoms with Crippen LogP contribution in [0.1, 0.15) is 164 Å². The van der Waals surface area contributed by atoms with Gasteiger partial charge in [0.15, 0.2) is 0 Å². The van der Waals surface area contributed by atoms with Gasteiger partial charge in [-0.2, -0.15) is 0 Å². The van der Waals surface area contributed by atoms with Crippen molar-refractivity contribution in [3.8, 4) is 0 Å². The monoisotopic (exact) mass is 656 g/mol. The van der Waals surface area contributed by atoms with E-state index in [0.29, 0.717) is 24.2 Å². The van der Waals surface area contributed by atoms with Crippen molar-refractivity contribution in [1.29, 1.82) is 0 Å². The first-order valence-electron chi connectivity index (χ1n) is 19.5. The molecule has 6 nitrogen and oxygen atoms in total. The van der Waals surface area contributed by atoms with Crippen molar-refractivity contribution >= 4 is 11.9 Å². The fourth-order valence-corrected chi connectivity index (χ4v) is 12.6. The summed E-state index contributed by atoms with van der Waals surface area (Å²) in [6, 6.07) is 0. The van der Waals surface area contributed by atoms with E-state index in [1.54, 1.807) is 5.57 Å². The van der Waals surface area contributed by atoms with Gasteiger partial charge in [-0.3, -0.25) is 9.59 Å². The van der Waals surface area contributed by atoms with Crippen LogP contribution in [0.5, 0.6) is 0 Å². The number of carbonyl (C=O) groups excluding carboxylic acids is 1. The number of aliphatic hydroxyl groups excluding tert-OH is 2. The summed E-state index contributed by atoms with van der Waals surface area (Å²) in [6.07, 6.45) is 19.2. The van der Waals surface area contributed by atoms with Crippen LogP contribution in [0.3, 0.4) is 0 Å². The predicted octanol–water partition coefficient (Wildman–Crippen LogP) is 8.83. The highest BCUT2D eigenvalue weighted by Crippen LogP contribution is 2.75. The molecule has 6 heteroatoms. The number of nitrogens with one attached hydrogen (secondary N) is 1. The lowest BCUT2D eigenvalue weighted by molar-refractivity contribution is -0.231. The Morgan fingerprint density at radius 3 is 2.06 bits per heavy atom. The number of allylic oxidation sites excluding steroid dienone is 2. The van der Waals surface area contributed by atoms with Crippen molar-refractivity contribution in [2.75, 3.05) is 6.54 Å². The lowest BCUT2D eigenvalue weighted by Crippen LogP contribution is -2.67. The number of aliphatic hydroxyl groups is 2. The van der Waals surface area contributed by atoms with Gasteiger partial charge in [-0.15, -0.1) is 0 Å². The Labute approximate surface area is 286 Å². The summed E-state index contributed by atoms with van der Waals surface area (Å²) in [7, 11) is 0. The van der Waals surface area contributed by atoms with E-state index in [9.17, 15) is 19.8 Å². The van der Waals surface area contributed by atoms with Crippen molar-refractivity contribution < 1.29 is 24.9 Å². The molecular formula is C41H69NO5. The number of aliphatic carboxylic acids is 1. The molecule has 47 heavy (non-hydrogen) atoms. The van der Waals surface area contributed by atoms with Gasteiger partial charge in [-0.1, -0.05) is 98.6 Å². The van der Waals surface area contributed by atoms with Gasteiger partial charge in [0, 0.05) is 13.0 Å². The van der Waals surface area contributed by atoms with E-state index in [-0.39, 0.29) is 44.8 Å². The Morgan fingerprint density at radius 2 is 1.40 bits per heavy atom. The highest BCUT2D eigenvalue weighted by Gasteiger charge is 2.69. The zero-order valence-corrected chi connectivity index (χ0v) is 31.1. The molecule has 4 saturated carbocycles. The summed E-state index contributed by atoms with van der Waals surface area (Å²) in [5, 5.41) is 34.5. The van der Waals surface area contributed by atoms with Gasteiger partial charge >= 0.3 is 5.97 Å². The number of carbonyl (C=O) groups is 2. The number of amides is 1. The number of hydrogen-bond donors (Lipinski definition) is 4. The summed E-state index contributed by atoms with van der Waals surface area (Å²) in [5.41, 5.74) is 1.27. The minimum Gasteiger partial charge on any atom is -0.481 e. The van der Waals surface area contributed by atoms with E-state index >= 15 is 0 Å². The van der Waals surface area contributed by atoms with E-state index in [1.807, 2.05) is 0 Å². The minimum atomic E-state index is -0.695. The highest BCUT2D eigenvalue weighted by atomic mass is 16.4. The second-order valence-electron chi connectivity index (χ2n) is 19.1. The maximum atomic E-state index is 14.3. The van der Waals surface area contributed by atoms with Crippen LogP contribution in [0, 0.1) is 50.2 Å². The standard InChI is InChI=1S/C41H69NO5/c1-36(2)21-23-41(35(47)42-25-15-13-11-9-8-10-12-14-16-33(44)45)24-22-39(6)28(29(41)26-36)17-18-32-38(5)27-30(43)34(46)37(3,4)31(38)19-20-40(32,39)7/h17,29-32,34,43,46H,8-16,18-27H2,1-7H3,(H,42,47)(H,44,45)/t29-,30+,31-,32+,34-,38-,39+,40+,41-/m0/s1. The molecule has 5 aliphatic rings. The fraction of sp³-hybridized carbons (Fsp3) is 0.902. The zero-order valence-electron chi connectivity index (χ0n) is 31.1. The third-order valence-electron chi connectivity index (χ3n) is 15.6. The Balaban J connectivity index is 1.28.